The van der Waals surface area contributed by atoms with Crippen LogP contribution in [0, 0.1) is 0 Å². The van der Waals surface area contributed by atoms with E-state index in [-0.39, 0.29) is 40.5 Å². The molecule has 0 spiro atoms. The molecule has 0 radical (unpaired) electrons. The zero-order valence-electron chi connectivity index (χ0n) is 18.7. The van der Waals surface area contributed by atoms with Crippen molar-refractivity contribution in [1.82, 2.24) is 4.90 Å². The van der Waals surface area contributed by atoms with E-state index in [2.05, 4.69) is 0 Å². The third kappa shape index (κ3) is 2.48. The first kappa shape index (κ1) is 21.0. The van der Waals surface area contributed by atoms with Gasteiger partial charge in [0.2, 0.25) is 0 Å². The summed E-state index contributed by atoms with van der Waals surface area (Å²) in [6.07, 6.45) is -3.32. The first-order valence-electron chi connectivity index (χ1n) is 11.2. The molecule has 1 aromatic carbocycles. The molecule has 1 aliphatic carbocycles. The van der Waals surface area contributed by atoms with Crippen LogP contribution in [-0.2, 0) is 24.6 Å². The zero-order chi connectivity index (χ0) is 23.6. The van der Waals surface area contributed by atoms with E-state index in [9.17, 15) is 24.6 Å². The lowest BCUT2D eigenvalue weighted by Gasteiger charge is -2.43. The van der Waals surface area contributed by atoms with Gasteiger partial charge in [0, 0.05) is 17.2 Å². The second-order valence-corrected chi connectivity index (χ2v) is 9.95. The van der Waals surface area contributed by atoms with Crippen LogP contribution in [0.4, 0.5) is 0 Å². The van der Waals surface area contributed by atoms with E-state index in [0.29, 0.717) is 17.5 Å². The minimum Gasteiger partial charge on any atom is -0.507 e. The number of likely N-dealkylation sites (N-methyl/N-ethyl adjacent to an activating group) is 1. The Balaban J connectivity index is 1.58. The van der Waals surface area contributed by atoms with Gasteiger partial charge in [0.1, 0.15) is 23.6 Å². The molecule has 7 atom stereocenters. The number of fused-ring (bicyclic) bond motifs is 9. The molecular weight excluding hydrogens is 430 g/mol. The maximum Gasteiger partial charge on any atom is 0.309 e. The second kappa shape index (κ2) is 6.50. The monoisotopic (exact) mass is 455 g/mol. The highest BCUT2D eigenvalue weighted by molar-refractivity contribution is 6.29. The van der Waals surface area contributed by atoms with E-state index in [1.165, 1.54) is 6.07 Å². The zero-order valence-corrected chi connectivity index (χ0v) is 18.7. The van der Waals surface area contributed by atoms with Gasteiger partial charge in [-0.2, -0.15) is 0 Å². The molecule has 7 unspecified atom stereocenters. The predicted octanol–water partition coefficient (Wildman–Crippen LogP) is 1.15. The largest absolute Gasteiger partial charge is 0.507 e. The smallest absolute Gasteiger partial charge is 0.309 e. The topological polar surface area (TPSA) is 123 Å². The molecule has 2 N–H and O–H groups in total. The Kier molecular flexibility index (Phi) is 4.13. The fourth-order valence-electron chi connectivity index (χ4n) is 6.35. The highest BCUT2D eigenvalue weighted by atomic mass is 16.6. The lowest BCUT2D eigenvalue weighted by Crippen LogP contribution is -2.53. The van der Waals surface area contributed by atoms with Crippen molar-refractivity contribution in [2.75, 3.05) is 14.1 Å². The summed E-state index contributed by atoms with van der Waals surface area (Å²) in [5, 5.41) is 22.1. The van der Waals surface area contributed by atoms with Crippen molar-refractivity contribution in [2.45, 2.75) is 68.9 Å². The molecule has 33 heavy (non-hydrogen) atoms. The van der Waals surface area contributed by atoms with Gasteiger partial charge in [-0.05, 0) is 51.6 Å². The lowest BCUT2D eigenvalue weighted by atomic mass is 9.73. The Bertz CT molecular complexity index is 1190. The Morgan fingerprint density at radius 2 is 1.82 bits per heavy atom. The third-order valence-electron chi connectivity index (χ3n) is 7.91. The summed E-state index contributed by atoms with van der Waals surface area (Å²) in [6, 6.07) is 1.20. The first-order valence-corrected chi connectivity index (χ1v) is 11.2. The molecule has 0 saturated carbocycles. The van der Waals surface area contributed by atoms with E-state index in [1.807, 2.05) is 19.0 Å². The molecule has 0 aromatic heterocycles. The molecule has 2 fully saturated rings. The van der Waals surface area contributed by atoms with Crippen LogP contribution in [0.3, 0.4) is 0 Å². The SMILES string of the molecule is CC1OC2CC(=O)OC2C2=C1C(=O)c1c(O)cc3c(c1C2=O)C1CC(N(C)C)C(O)C3(C)O1. The molecule has 6 rings (SSSR count). The molecule has 4 aliphatic heterocycles. The number of esters is 1. The molecular formula is C24H25NO8. The summed E-state index contributed by atoms with van der Waals surface area (Å²) < 4.78 is 17.5. The quantitative estimate of drug-likeness (QED) is 0.601. The summed E-state index contributed by atoms with van der Waals surface area (Å²) in [5.74, 6) is -1.79. The number of nitrogens with zero attached hydrogens (tertiary/aromatic N) is 1. The van der Waals surface area contributed by atoms with Gasteiger partial charge in [-0.25, -0.2) is 0 Å². The summed E-state index contributed by atoms with van der Waals surface area (Å²) in [6.45, 7) is 3.40. The van der Waals surface area contributed by atoms with Gasteiger partial charge in [0.25, 0.3) is 0 Å². The number of carbonyl (C=O) groups is 3. The summed E-state index contributed by atoms with van der Waals surface area (Å²) in [7, 11) is 3.73. The third-order valence-corrected chi connectivity index (χ3v) is 7.91. The fourth-order valence-corrected chi connectivity index (χ4v) is 6.35. The van der Waals surface area contributed by atoms with Crippen molar-refractivity contribution in [3.63, 3.8) is 0 Å². The number of phenolic OH excluding ortho intramolecular Hbond substituents is 1. The minimum absolute atomic E-state index is 0.0127. The maximum absolute atomic E-state index is 14.0. The minimum atomic E-state index is -1.15. The maximum atomic E-state index is 14.0. The van der Waals surface area contributed by atoms with Crippen LogP contribution >= 0.6 is 0 Å². The summed E-state index contributed by atoms with van der Waals surface area (Å²) >= 11 is 0. The second-order valence-electron chi connectivity index (χ2n) is 9.95. The van der Waals surface area contributed by atoms with E-state index < -0.39 is 53.7 Å². The van der Waals surface area contributed by atoms with Crippen LogP contribution in [-0.4, -0.2) is 77.2 Å². The van der Waals surface area contributed by atoms with Crippen LogP contribution in [0.15, 0.2) is 17.2 Å². The standard InChI is InChI=1S/C24H25NO8/c1-8-15-19(22-13(31-8)7-14(27)32-22)21(29)18-16-9(5-11(26)17(18)20(15)28)24(2)23(30)10(25(3)4)6-12(16)33-24/h5,8,10,12-13,22-23,26,30H,6-7H2,1-4H3. The van der Waals surface area contributed by atoms with Crippen molar-refractivity contribution in [3.05, 3.63) is 39.5 Å². The van der Waals surface area contributed by atoms with Gasteiger partial charge in [-0.15, -0.1) is 0 Å². The number of ketones is 2. The van der Waals surface area contributed by atoms with Crippen molar-refractivity contribution < 1.29 is 38.8 Å². The Morgan fingerprint density at radius 1 is 1.12 bits per heavy atom. The van der Waals surface area contributed by atoms with Gasteiger partial charge < -0.3 is 29.3 Å². The molecule has 5 aliphatic rings. The highest BCUT2D eigenvalue weighted by Crippen LogP contribution is 2.57. The van der Waals surface area contributed by atoms with Crippen molar-refractivity contribution in [1.29, 1.82) is 0 Å². The predicted molar refractivity (Wildman–Crippen MR) is 112 cm³/mol. The number of aromatic hydroxyl groups is 1. The van der Waals surface area contributed by atoms with Gasteiger partial charge in [-0.1, -0.05) is 0 Å². The van der Waals surface area contributed by atoms with Crippen LogP contribution in [0.25, 0.3) is 0 Å². The number of benzene rings is 1. The van der Waals surface area contributed by atoms with Gasteiger partial charge in [0.05, 0.1) is 29.8 Å². The molecule has 174 valence electrons. The van der Waals surface area contributed by atoms with E-state index >= 15 is 0 Å². The van der Waals surface area contributed by atoms with E-state index in [4.69, 9.17) is 14.2 Å². The number of carbonyl (C=O) groups excluding carboxylic acids is 3. The molecule has 9 heteroatoms. The molecule has 2 saturated heterocycles. The van der Waals surface area contributed by atoms with Gasteiger partial charge >= 0.3 is 5.97 Å². The average Bonchev–Trinajstić information content (AvgIpc) is 3.22. The van der Waals surface area contributed by atoms with Crippen molar-refractivity contribution in [3.8, 4) is 5.75 Å². The molecule has 2 bridgehead atoms. The number of ether oxygens (including phenoxy) is 3. The molecule has 4 heterocycles. The Morgan fingerprint density at radius 3 is 2.52 bits per heavy atom. The molecule has 1 aromatic rings. The average molecular weight is 455 g/mol. The molecule has 0 amide bonds. The number of aliphatic hydroxyl groups excluding tert-OH is 1. The molecule has 9 nitrogen and oxygen atoms in total. The number of aliphatic hydroxyl groups is 1. The number of hydrogen-bond donors (Lipinski definition) is 2. The Labute approximate surface area is 189 Å². The first-order chi connectivity index (χ1) is 15.5. The van der Waals surface area contributed by atoms with E-state index in [1.54, 1.807) is 13.8 Å². The number of rotatable bonds is 1. The fraction of sp³-hybridized carbons (Fsp3) is 0.542. The number of phenols is 1. The van der Waals surface area contributed by atoms with Crippen molar-refractivity contribution >= 4 is 17.5 Å². The Hall–Kier alpha value is -2.59. The van der Waals surface area contributed by atoms with E-state index in [0.717, 1.165) is 0 Å². The summed E-state index contributed by atoms with van der Waals surface area (Å²) in [5.41, 5.74) is 0.146. The summed E-state index contributed by atoms with van der Waals surface area (Å²) in [4.78, 5) is 41.5. The number of hydrogen-bond acceptors (Lipinski definition) is 9. The van der Waals surface area contributed by atoms with Crippen LogP contribution < -0.4 is 0 Å². The highest BCUT2D eigenvalue weighted by Gasteiger charge is 2.59. The van der Waals surface area contributed by atoms with Crippen molar-refractivity contribution in [2.24, 2.45) is 0 Å². The van der Waals surface area contributed by atoms with Crippen LogP contribution in [0.5, 0.6) is 5.75 Å². The van der Waals surface area contributed by atoms with Crippen LogP contribution in [0.1, 0.15) is 64.6 Å². The lowest BCUT2D eigenvalue weighted by molar-refractivity contribution is -0.194. The van der Waals surface area contributed by atoms with Crippen LogP contribution in [0.2, 0.25) is 0 Å². The normalized spacial score (nSPS) is 38.8. The van der Waals surface area contributed by atoms with Gasteiger partial charge in [0.15, 0.2) is 17.7 Å². The van der Waals surface area contributed by atoms with Gasteiger partial charge in [-0.3, -0.25) is 14.4 Å². The number of Topliss-reactive ketones (excluding diaryl/α,β-unsaturated/α-hetero) is 2.